The summed E-state index contributed by atoms with van der Waals surface area (Å²) in [7, 11) is 0. The summed E-state index contributed by atoms with van der Waals surface area (Å²) in [5.74, 6) is 1.79. The summed E-state index contributed by atoms with van der Waals surface area (Å²) in [5, 5.41) is 3.96. The Hall–Kier alpha value is -2.95. The third kappa shape index (κ3) is 2.50. The van der Waals surface area contributed by atoms with Gasteiger partial charge in [-0.15, -0.1) is 0 Å². The predicted molar refractivity (Wildman–Crippen MR) is 84.7 cm³/mol. The molecule has 2 aromatic carbocycles. The first-order chi connectivity index (χ1) is 11.2. The highest BCUT2D eigenvalue weighted by molar-refractivity contribution is 5.95. The van der Waals surface area contributed by atoms with Crippen LogP contribution in [-0.2, 0) is 0 Å². The second-order valence-electron chi connectivity index (χ2n) is 5.45. The number of rotatable bonds is 3. The maximum atomic E-state index is 12.4. The van der Waals surface area contributed by atoms with E-state index in [4.69, 9.17) is 13.9 Å². The number of nitrogens with one attached hydrogen (secondary N) is 1. The normalized spacial score (nSPS) is 14.0. The highest BCUT2D eigenvalue weighted by Gasteiger charge is 2.19. The van der Waals surface area contributed by atoms with Crippen molar-refractivity contribution in [2.45, 2.75) is 13.0 Å². The van der Waals surface area contributed by atoms with E-state index in [1.807, 2.05) is 37.3 Å². The van der Waals surface area contributed by atoms with E-state index in [1.165, 1.54) is 0 Å². The number of carbonyl (C=O) groups is 1. The molecule has 0 aliphatic carbocycles. The van der Waals surface area contributed by atoms with Crippen LogP contribution in [0.5, 0.6) is 11.5 Å². The molecule has 0 bridgehead atoms. The molecule has 3 aromatic rings. The highest BCUT2D eigenvalue weighted by atomic mass is 16.7. The molecule has 23 heavy (non-hydrogen) atoms. The van der Waals surface area contributed by atoms with Crippen molar-refractivity contribution in [3.05, 3.63) is 59.9 Å². The summed E-state index contributed by atoms with van der Waals surface area (Å²) in [4.78, 5) is 12.4. The van der Waals surface area contributed by atoms with Gasteiger partial charge in [-0.3, -0.25) is 4.79 Å². The van der Waals surface area contributed by atoms with Crippen molar-refractivity contribution < 1.29 is 18.7 Å². The molecule has 5 nitrogen and oxygen atoms in total. The van der Waals surface area contributed by atoms with E-state index in [2.05, 4.69) is 5.32 Å². The number of furan rings is 1. The first-order valence-corrected chi connectivity index (χ1v) is 7.40. The van der Waals surface area contributed by atoms with Gasteiger partial charge in [-0.25, -0.2) is 0 Å². The van der Waals surface area contributed by atoms with Gasteiger partial charge in [0.2, 0.25) is 6.79 Å². The summed E-state index contributed by atoms with van der Waals surface area (Å²) in [6, 6.07) is 14.6. The molecule has 0 spiro atoms. The van der Waals surface area contributed by atoms with Crippen molar-refractivity contribution in [2.75, 3.05) is 6.79 Å². The Morgan fingerprint density at radius 1 is 1.09 bits per heavy atom. The lowest BCUT2D eigenvalue weighted by Gasteiger charge is -2.11. The topological polar surface area (TPSA) is 60.7 Å². The van der Waals surface area contributed by atoms with Gasteiger partial charge in [0.05, 0.1) is 6.04 Å². The zero-order valence-corrected chi connectivity index (χ0v) is 12.5. The van der Waals surface area contributed by atoms with Crippen LogP contribution in [0.1, 0.15) is 29.1 Å². The van der Waals surface area contributed by atoms with Crippen LogP contribution in [0, 0.1) is 0 Å². The molecule has 4 rings (SSSR count). The number of para-hydroxylation sites is 1. The molecule has 1 aliphatic heterocycles. The van der Waals surface area contributed by atoms with E-state index < -0.39 is 0 Å². The largest absolute Gasteiger partial charge is 0.459 e. The Balaban J connectivity index is 1.53. The lowest BCUT2D eigenvalue weighted by molar-refractivity contribution is 0.0935. The van der Waals surface area contributed by atoms with Crippen LogP contribution in [0.3, 0.4) is 0 Å². The van der Waals surface area contributed by atoms with E-state index >= 15 is 0 Å². The first kappa shape index (κ1) is 13.7. The molecular weight excluding hydrogens is 294 g/mol. The third-order valence-corrected chi connectivity index (χ3v) is 3.85. The fourth-order valence-electron chi connectivity index (χ4n) is 2.60. The Morgan fingerprint density at radius 3 is 2.78 bits per heavy atom. The monoisotopic (exact) mass is 309 g/mol. The highest BCUT2D eigenvalue weighted by Crippen LogP contribution is 2.32. The van der Waals surface area contributed by atoms with Gasteiger partial charge in [0.25, 0.3) is 5.91 Å². The van der Waals surface area contributed by atoms with E-state index in [9.17, 15) is 4.79 Å². The lowest BCUT2D eigenvalue weighted by atomic mass is 10.1. The smallest absolute Gasteiger partial charge is 0.252 e. The van der Waals surface area contributed by atoms with Gasteiger partial charge in [0.1, 0.15) is 11.3 Å². The Morgan fingerprint density at radius 2 is 1.91 bits per heavy atom. The predicted octanol–water partition coefficient (Wildman–Crippen LogP) is 3.65. The zero-order chi connectivity index (χ0) is 15.8. The van der Waals surface area contributed by atoms with Crippen LogP contribution < -0.4 is 14.8 Å². The Kier molecular flexibility index (Phi) is 3.19. The van der Waals surface area contributed by atoms with Crippen LogP contribution in [-0.4, -0.2) is 12.7 Å². The maximum Gasteiger partial charge on any atom is 0.252 e. The molecule has 5 heteroatoms. The van der Waals surface area contributed by atoms with Crippen molar-refractivity contribution in [2.24, 2.45) is 0 Å². The van der Waals surface area contributed by atoms with Crippen molar-refractivity contribution in [1.82, 2.24) is 5.32 Å². The number of benzene rings is 2. The minimum atomic E-state index is -0.236. The fraction of sp³-hybridized carbons (Fsp3) is 0.167. The maximum absolute atomic E-state index is 12.4. The van der Waals surface area contributed by atoms with Crippen LogP contribution >= 0.6 is 0 Å². The van der Waals surface area contributed by atoms with E-state index in [1.54, 1.807) is 18.2 Å². The van der Waals surface area contributed by atoms with Crippen molar-refractivity contribution >= 4 is 16.9 Å². The van der Waals surface area contributed by atoms with Crippen LogP contribution in [0.2, 0.25) is 0 Å². The van der Waals surface area contributed by atoms with E-state index in [-0.39, 0.29) is 18.7 Å². The molecule has 0 saturated carbocycles. The summed E-state index contributed by atoms with van der Waals surface area (Å²) < 4.78 is 16.3. The SMILES string of the molecule is CC(NC(=O)c1ccc2c(c1)OCO2)c1cc2ccccc2o1. The average Bonchev–Trinajstić information content (AvgIpc) is 3.20. The number of carbonyl (C=O) groups excluding carboxylic acids is 1. The van der Waals surface area contributed by atoms with E-state index in [0.29, 0.717) is 17.1 Å². The summed E-state index contributed by atoms with van der Waals surface area (Å²) >= 11 is 0. The standard InChI is InChI=1S/C18H15NO4/c1-11(16-8-12-4-2-3-5-14(12)23-16)19-18(20)13-6-7-15-17(9-13)22-10-21-15/h2-9,11H,10H2,1H3,(H,19,20). The molecule has 2 heterocycles. The number of hydrogen-bond donors (Lipinski definition) is 1. The number of ether oxygens (including phenoxy) is 2. The minimum Gasteiger partial charge on any atom is -0.459 e. The van der Waals surface area contributed by atoms with Gasteiger partial charge in [-0.05, 0) is 37.3 Å². The van der Waals surface area contributed by atoms with Crippen LogP contribution in [0.4, 0.5) is 0 Å². The van der Waals surface area contributed by atoms with Crippen molar-refractivity contribution in [3.8, 4) is 11.5 Å². The van der Waals surface area contributed by atoms with Gasteiger partial charge >= 0.3 is 0 Å². The first-order valence-electron chi connectivity index (χ1n) is 7.40. The van der Waals surface area contributed by atoms with Gasteiger partial charge < -0.3 is 19.2 Å². The molecule has 1 atom stereocenters. The van der Waals surface area contributed by atoms with Gasteiger partial charge in [-0.2, -0.15) is 0 Å². The number of fused-ring (bicyclic) bond motifs is 2. The molecule has 116 valence electrons. The Labute approximate surface area is 132 Å². The zero-order valence-electron chi connectivity index (χ0n) is 12.5. The number of amides is 1. The van der Waals surface area contributed by atoms with Crippen molar-refractivity contribution in [1.29, 1.82) is 0 Å². The molecule has 0 fully saturated rings. The molecular formula is C18H15NO4. The third-order valence-electron chi connectivity index (χ3n) is 3.85. The van der Waals surface area contributed by atoms with Gasteiger partial charge in [0.15, 0.2) is 11.5 Å². The molecule has 1 unspecified atom stereocenters. The average molecular weight is 309 g/mol. The second-order valence-corrected chi connectivity index (χ2v) is 5.45. The molecule has 1 amide bonds. The molecule has 1 aliphatic rings. The number of hydrogen-bond acceptors (Lipinski definition) is 4. The molecule has 0 saturated heterocycles. The van der Waals surface area contributed by atoms with E-state index in [0.717, 1.165) is 16.7 Å². The van der Waals surface area contributed by atoms with Gasteiger partial charge in [0, 0.05) is 10.9 Å². The summed E-state index contributed by atoms with van der Waals surface area (Å²) in [6.07, 6.45) is 0. The Bertz CT molecular complexity index is 851. The lowest BCUT2D eigenvalue weighted by Crippen LogP contribution is -2.26. The summed E-state index contributed by atoms with van der Waals surface area (Å²) in [5.41, 5.74) is 1.34. The molecule has 1 N–H and O–H groups in total. The quantitative estimate of drug-likeness (QED) is 0.802. The van der Waals surface area contributed by atoms with Crippen molar-refractivity contribution in [3.63, 3.8) is 0 Å². The second kappa shape index (κ2) is 5.35. The molecule has 0 radical (unpaired) electrons. The van der Waals surface area contributed by atoms with Crippen LogP contribution in [0.25, 0.3) is 11.0 Å². The minimum absolute atomic E-state index is 0.184. The summed E-state index contributed by atoms with van der Waals surface area (Å²) in [6.45, 7) is 2.08. The van der Waals surface area contributed by atoms with Crippen LogP contribution in [0.15, 0.2) is 52.9 Å². The molecule has 1 aromatic heterocycles. The van der Waals surface area contributed by atoms with Gasteiger partial charge in [-0.1, -0.05) is 18.2 Å². The fourth-order valence-corrected chi connectivity index (χ4v) is 2.60.